The number of carboxylic acid groups (broad SMARTS) is 1. The third-order valence-corrected chi connectivity index (χ3v) is 8.03. The summed E-state index contributed by atoms with van der Waals surface area (Å²) in [6, 6.07) is 15.5. The molecule has 8 heteroatoms. The Kier molecular flexibility index (Phi) is 6.62. The van der Waals surface area contributed by atoms with E-state index in [0.29, 0.717) is 5.92 Å². The molecule has 0 unspecified atom stereocenters. The Morgan fingerprint density at radius 2 is 1.75 bits per heavy atom. The molecule has 0 saturated heterocycles. The molecular weight excluding hydrogens is 472 g/mol. The van der Waals surface area contributed by atoms with Gasteiger partial charge >= 0.3 is 5.97 Å². The van der Waals surface area contributed by atoms with Crippen LogP contribution >= 0.6 is 11.3 Å². The fourth-order valence-electron chi connectivity index (χ4n) is 4.89. The van der Waals surface area contributed by atoms with Crippen LogP contribution in [0.1, 0.15) is 56.8 Å². The molecule has 5 rings (SSSR count). The summed E-state index contributed by atoms with van der Waals surface area (Å²) in [5, 5.41) is 15.5. The predicted octanol–water partition coefficient (Wildman–Crippen LogP) is 6.41. The number of hydrogen-bond donors (Lipinski definition) is 1. The van der Waals surface area contributed by atoms with Crippen LogP contribution in [0.5, 0.6) is 0 Å². The quantitative estimate of drug-likeness (QED) is 0.329. The molecule has 1 aliphatic rings. The van der Waals surface area contributed by atoms with Gasteiger partial charge in [-0.2, -0.15) is 0 Å². The summed E-state index contributed by atoms with van der Waals surface area (Å²) < 4.78 is 2.68. The number of nitrogens with zero attached hydrogens (tertiary/aromatic N) is 4. The van der Waals surface area contributed by atoms with Gasteiger partial charge in [0.15, 0.2) is 5.82 Å². The highest BCUT2D eigenvalue weighted by Crippen LogP contribution is 2.33. The highest BCUT2D eigenvalue weighted by molar-refractivity contribution is 7.21. The lowest BCUT2D eigenvalue weighted by Crippen LogP contribution is -2.43. The zero-order valence-electron chi connectivity index (χ0n) is 20.7. The van der Waals surface area contributed by atoms with E-state index in [-0.39, 0.29) is 29.2 Å². The van der Waals surface area contributed by atoms with Gasteiger partial charge in [-0.3, -0.25) is 9.69 Å². The number of benzene rings is 2. The first-order valence-electron chi connectivity index (χ1n) is 12.4. The van der Waals surface area contributed by atoms with Gasteiger partial charge in [-0.15, -0.1) is 16.4 Å². The maximum absolute atomic E-state index is 13.5. The Labute approximate surface area is 214 Å². The van der Waals surface area contributed by atoms with Crippen molar-refractivity contribution in [2.45, 2.75) is 52.5 Å². The van der Waals surface area contributed by atoms with Gasteiger partial charge < -0.3 is 5.11 Å². The van der Waals surface area contributed by atoms with Crippen molar-refractivity contribution in [2.24, 2.45) is 11.8 Å². The maximum atomic E-state index is 13.5. The van der Waals surface area contributed by atoms with Crippen LogP contribution in [-0.2, 0) is 4.79 Å². The third kappa shape index (κ3) is 4.65. The zero-order chi connectivity index (χ0) is 25.4. The first kappa shape index (κ1) is 24.2. The van der Waals surface area contributed by atoms with Gasteiger partial charge in [0, 0.05) is 23.7 Å². The van der Waals surface area contributed by atoms with Gasteiger partial charge in [-0.1, -0.05) is 19.1 Å². The molecule has 0 bridgehead atoms. The minimum Gasteiger partial charge on any atom is -0.477 e. The smallest absolute Gasteiger partial charge is 0.341 e. The van der Waals surface area contributed by atoms with Crippen LogP contribution in [0.4, 0.5) is 5.82 Å². The van der Waals surface area contributed by atoms with Crippen LogP contribution in [0.2, 0.25) is 0 Å². The summed E-state index contributed by atoms with van der Waals surface area (Å²) in [5.41, 5.74) is 2.69. The number of carboxylic acids is 1. The van der Waals surface area contributed by atoms with Crippen molar-refractivity contribution in [3.8, 4) is 16.3 Å². The van der Waals surface area contributed by atoms with Crippen LogP contribution < -0.4 is 4.90 Å². The molecule has 0 aliphatic heterocycles. The lowest BCUT2D eigenvalue weighted by molar-refractivity contribution is -0.123. The number of carbonyl (C=O) groups is 2. The Morgan fingerprint density at radius 1 is 1.06 bits per heavy atom. The average Bonchev–Trinajstić information content (AvgIpc) is 3.49. The van der Waals surface area contributed by atoms with E-state index in [1.165, 1.54) is 6.20 Å². The molecule has 1 N–H and O–H groups in total. The lowest BCUT2D eigenvalue weighted by Gasteiger charge is -2.32. The molecule has 7 nitrogen and oxygen atoms in total. The number of para-hydroxylation sites is 1. The van der Waals surface area contributed by atoms with Crippen molar-refractivity contribution in [1.29, 1.82) is 0 Å². The van der Waals surface area contributed by atoms with E-state index in [4.69, 9.17) is 4.98 Å². The van der Waals surface area contributed by atoms with Crippen molar-refractivity contribution in [3.05, 3.63) is 60.3 Å². The molecule has 2 heterocycles. The summed E-state index contributed by atoms with van der Waals surface area (Å²) in [5.74, 6) is -0.394. The number of thiazole rings is 1. The molecule has 1 aliphatic carbocycles. The zero-order valence-corrected chi connectivity index (χ0v) is 21.5. The van der Waals surface area contributed by atoms with Crippen LogP contribution in [0.3, 0.4) is 0 Å². The number of carbonyl (C=O) groups excluding carboxylic acids is 1. The predicted molar refractivity (Wildman–Crippen MR) is 143 cm³/mol. The highest BCUT2D eigenvalue weighted by atomic mass is 32.1. The van der Waals surface area contributed by atoms with Crippen molar-refractivity contribution < 1.29 is 14.7 Å². The number of aromatic carboxylic acids is 1. The van der Waals surface area contributed by atoms with E-state index in [9.17, 15) is 14.7 Å². The SMILES string of the molecule is CC(C)N(c1nn(-c2ccc(-c3nc4ccccc4s3)cc2)cc1C(=O)O)C(=O)[C@H]1CC[C@H](C)CC1. The molecule has 2 aromatic heterocycles. The van der Waals surface area contributed by atoms with Crippen molar-refractivity contribution in [3.63, 3.8) is 0 Å². The second kappa shape index (κ2) is 9.85. The molecule has 36 heavy (non-hydrogen) atoms. The van der Waals surface area contributed by atoms with E-state index in [1.54, 1.807) is 20.9 Å². The van der Waals surface area contributed by atoms with Gasteiger partial charge in [0.1, 0.15) is 10.6 Å². The molecule has 1 saturated carbocycles. The minimum atomic E-state index is -1.10. The van der Waals surface area contributed by atoms with Crippen LogP contribution in [-0.4, -0.2) is 37.8 Å². The van der Waals surface area contributed by atoms with E-state index in [2.05, 4.69) is 18.1 Å². The molecule has 0 radical (unpaired) electrons. The van der Waals surface area contributed by atoms with Crippen LogP contribution in [0.15, 0.2) is 54.7 Å². The normalized spacial score (nSPS) is 18.0. The van der Waals surface area contributed by atoms with Crippen molar-refractivity contribution in [2.75, 3.05) is 4.90 Å². The van der Waals surface area contributed by atoms with Gasteiger partial charge in [-0.05, 0) is 81.8 Å². The second-order valence-corrected chi connectivity index (χ2v) is 10.9. The number of fused-ring (bicyclic) bond motifs is 1. The van der Waals surface area contributed by atoms with Gasteiger partial charge in [0.05, 0.1) is 15.9 Å². The number of amides is 1. The van der Waals surface area contributed by atoms with Gasteiger partial charge in [-0.25, -0.2) is 14.5 Å². The lowest BCUT2D eigenvalue weighted by atomic mass is 9.82. The fourth-order valence-corrected chi connectivity index (χ4v) is 5.86. The summed E-state index contributed by atoms with van der Waals surface area (Å²) in [7, 11) is 0. The first-order chi connectivity index (χ1) is 17.3. The average molecular weight is 503 g/mol. The molecule has 0 spiro atoms. The summed E-state index contributed by atoms with van der Waals surface area (Å²) in [4.78, 5) is 32.0. The molecule has 2 aromatic carbocycles. The maximum Gasteiger partial charge on any atom is 0.341 e. The van der Waals surface area contributed by atoms with Crippen molar-refractivity contribution in [1.82, 2.24) is 14.8 Å². The standard InChI is InChI=1S/C28H30N4O3S/c1-17(2)32(27(33)20-10-8-18(3)9-11-20)25-22(28(34)35)16-31(30-25)21-14-12-19(13-15-21)26-29-23-6-4-5-7-24(23)36-26/h4-7,12-18,20H,8-11H2,1-3H3,(H,34,35)/t18-,20-. The second-order valence-electron chi connectivity index (χ2n) is 9.91. The number of hydrogen-bond acceptors (Lipinski definition) is 5. The molecule has 1 amide bonds. The van der Waals surface area contributed by atoms with E-state index >= 15 is 0 Å². The molecule has 4 aromatic rings. The summed E-state index contributed by atoms with van der Waals surface area (Å²) in [6.45, 7) is 6.02. The van der Waals surface area contributed by atoms with E-state index in [1.807, 2.05) is 56.3 Å². The molecule has 0 atom stereocenters. The highest BCUT2D eigenvalue weighted by Gasteiger charge is 2.34. The van der Waals surface area contributed by atoms with Crippen LogP contribution in [0, 0.1) is 11.8 Å². The Hall–Kier alpha value is -3.52. The Balaban J connectivity index is 1.46. The van der Waals surface area contributed by atoms with Crippen LogP contribution in [0.25, 0.3) is 26.5 Å². The topological polar surface area (TPSA) is 88.3 Å². The third-order valence-electron chi connectivity index (χ3n) is 6.94. The number of rotatable bonds is 6. The Bertz CT molecular complexity index is 1360. The van der Waals surface area contributed by atoms with E-state index < -0.39 is 5.97 Å². The first-order valence-corrected chi connectivity index (χ1v) is 13.3. The van der Waals surface area contributed by atoms with E-state index in [0.717, 1.165) is 52.2 Å². The monoisotopic (exact) mass is 502 g/mol. The molecular formula is C28H30N4O3S. The number of anilines is 1. The van der Waals surface area contributed by atoms with Gasteiger partial charge in [0.2, 0.25) is 5.91 Å². The largest absolute Gasteiger partial charge is 0.477 e. The minimum absolute atomic E-state index is 0.0245. The van der Waals surface area contributed by atoms with Gasteiger partial charge in [0.25, 0.3) is 0 Å². The Morgan fingerprint density at radius 3 is 2.39 bits per heavy atom. The summed E-state index contributed by atoms with van der Waals surface area (Å²) in [6.07, 6.45) is 5.20. The fraction of sp³-hybridized carbons (Fsp3) is 0.357. The molecule has 1 fully saturated rings. The number of aromatic nitrogens is 3. The van der Waals surface area contributed by atoms with Crippen molar-refractivity contribution >= 4 is 39.2 Å². The summed E-state index contributed by atoms with van der Waals surface area (Å²) >= 11 is 1.63. The molecule has 186 valence electrons.